The largest absolute Gasteiger partial charge is 0.481 e. The molecule has 154 valence electrons. The van der Waals surface area contributed by atoms with Crippen LogP contribution in [-0.2, 0) is 19.0 Å². The molecule has 26 heavy (non-hydrogen) atoms. The Morgan fingerprint density at radius 3 is 2.08 bits per heavy atom. The molecule has 2 saturated heterocycles. The third-order valence-corrected chi connectivity index (χ3v) is 4.92. The molecule has 0 bridgehead atoms. The number of hydrogen-bond acceptors (Lipinski definition) is 6. The number of rotatable bonds is 2. The van der Waals surface area contributed by atoms with Crippen LogP contribution in [0.5, 0.6) is 0 Å². The molecule has 3 rings (SSSR count). The first-order valence-electron chi connectivity index (χ1n) is 9.53. The second kappa shape index (κ2) is 8.97. The lowest BCUT2D eigenvalue weighted by molar-refractivity contribution is -0.293. The van der Waals surface area contributed by atoms with Gasteiger partial charge in [-0.1, -0.05) is 13.8 Å². The minimum absolute atomic E-state index is 0.0167. The van der Waals surface area contributed by atoms with Crippen LogP contribution in [0.3, 0.4) is 0 Å². The maximum atomic E-state index is 10.6. The zero-order chi connectivity index (χ0) is 20.3. The van der Waals surface area contributed by atoms with E-state index in [9.17, 15) is 10.2 Å². The molecule has 1 aliphatic carbocycles. The molecule has 0 aromatic carbocycles. The smallest absolute Gasteiger partial charge is 0.300 e. The Labute approximate surface area is 156 Å². The molecule has 0 aromatic rings. The van der Waals surface area contributed by atoms with Crippen LogP contribution in [0.1, 0.15) is 67.7 Å². The average molecular weight is 376 g/mol. The molecule has 7 heteroatoms. The van der Waals surface area contributed by atoms with E-state index in [1.807, 2.05) is 34.6 Å². The number of carboxylic acids is 1. The van der Waals surface area contributed by atoms with Crippen LogP contribution in [0.4, 0.5) is 0 Å². The minimum Gasteiger partial charge on any atom is -0.481 e. The molecule has 0 aromatic heterocycles. The monoisotopic (exact) mass is 376 g/mol. The summed E-state index contributed by atoms with van der Waals surface area (Å²) in [6, 6.07) is 0. The van der Waals surface area contributed by atoms with E-state index in [4.69, 9.17) is 24.1 Å². The molecule has 2 aliphatic heterocycles. The van der Waals surface area contributed by atoms with E-state index in [1.165, 1.54) is 0 Å². The van der Waals surface area contributed by atoms with Crippen molar-refractivity contribution >= 4 is 5.97 Å². The van der Waals surface area contributed by atoms with Crippen molar-refractivity contribution in [3.63, 3.8) is 0 Å². The van der Waals surface area contributed by atoms with Crippen molar-refractivity contribution in [2.75, 3.05) is 0 Å². The number of hydrogen-bond donors (Lipinski definition) is 3. The highest BCUT2D eigenvalue weighted by molar-refractivity contribution is 5.62. The molecule has 2 heterocycles. The summed E-state index contributed by atoms with van der Waals surface area (Å²) in [5, 5.41) is 28.4. The van der Waals surface area contributed by atoms with Crippen LogP contribution >= 0.6 is 0 Å². The second-order valence-electron chi connectivity index (χ2n) is 7.80. The summed E-state index contributed by atoms with van der Waals surface area (Å²) in [5.74, 6) is -0.595. The van der Waals surface area contributed by atoms with E-state index in [1.54, 1.807) is 6.92 Å². The van der Waals surface area contributed by atoms with Crippen molar-refractivity contribution in [3.05, 3.63) is 0 Å². The Balaban J connectivity index is 0.000000500. The zero-order valence-electron chi connectivity index (χ0n) is 17.1. The third kappa shape index (κ3) is 6.16. The molecular weight excluding hydrogens is 340 g/mol. The summed E-state index contributed by atoms with van der Waals surface area (Å²) >= 11 is 0. The molecule has 3 aliphatic rings. The SMILES string of the molecule is CC.CC(=O)O.CC1CC(C)(O)C(OC2CC(C)(O)C3CC3O2)C(C)O1. The Bertz CT molecular complexity index is 459. The predicted octanol–water partition coefficient (Wildman–Crippen LogP) is 2.32. The maximum Gasteiger partial charge on any atom is 0.300 e. The van der Waals surface area contributed by atoms with E-state index in [-0.39, 0.29) is 24.2 Å². The molecule has 1 saturated carbocycles. The van der Waals surface area contributed by atoms with Gasteiger partial charge in [0.05, 0.1) is 29.5 Å². The summed E-state index contributed by atoms with van der Waals surface area (Å²) < 4.78 is 17.6. The van der Waals surface area contributed by atoms with Crippen molar-refractivity contribution in [1.82, 2.24) is 0 Å². The summed E-state index contributed by atoms with van der Waals surface area (Å²) in [6.07, 6.45) is 0.909. The predicted molar refractivity (Wildman–Crippen MR) is 96.8 cm³/mol. The molecule has 7 nitrogen and oxygen atoms in total. The number of fused-ring (bicyclic) bond motifs is 1. The van der Waals surface area contributed by atoms with Gasteiger partial charge in [0, 0.05) is 25.7 Å². The van der Waals surface area contributed by atoms with Gasteiger partial charge >= 0.3 is 0 Å². The number of carboxylic acid groups (broad SMARTS) is 1. The number of aliphatic carboxylic acids is 1. The average Bonchev–Trinajstić information content (AvgIpc) is 3.24. The molecule has 0 amide bonds. The highest BCUT2D eigenvalue weighted by Crippen LogP contribution is 2.50. The minimum atomic E-state index is -0.938. The lowest BCUT2D eigenvalue weighted by atomic mass is 9.86. The van der Waals surface area contributed by atoms with Crippen molar-refractivity contribution < 1.29 is 34.3 Å². The first-order valence-corrected chi connectivity index (χ1v) is 9.53. The van der Waals surface area contributed by atoms with E-state index in [0.29, 0.717) is 12.8 Å². The van der Waals surface area contributed by atoms with Gasteiger partial charge in [-0.2, -0.15) is 0 Å². The van der Waals surface area contributed by atoms with Gasteiger partial charge in [0.2, 0.25) is 0 Å². The van der Waals surface area contributed by atoms with Crippen LogP contribution < -0.4 is 0 Å². The summed E-state index contributed by atoms with van der Waals surface area (Å²) in [5.41, 5.74) is -1.67. The summed E-state index contributed by atoms with van der Waals surface area (Å²) in [7, 11) is 0. The van der Waals surface area contributed by atoms with E-state index in [2.05, 4.69) is 0 Å². The van der Waals surface area contributed by atoms with Gasteiger partial charge in [-0.3, -0.25) is 4.79 Å². The Morgan fingerprint density at radius 1 is 1.08 bits per heavy atom. The van der Waals surface area contributed by atoms with Crippen molar-refractivity contribution in [3.8, 4) is 0 Å². The molecule has 8 atom stereocenters. The molecular formula is C19H36O7. The van der Waals surface area contributed by atoms with E-state index < -0.39 is 29.6 Å². The number of carbonyl (C=O) groups is 1. The van der Waals surface area contributed by atoms with Gasteiger partial charge < -0.3 is 29.5 Å². The summed E-state index contributed by atoms with van der Waals surface area (Å²) in [6.45, 7) is 12.6. The quantitative estimate of drug-likeness (QED) is 0.679. The number of aliphatic hydroxyl groups is 2. The van der Waals surface area contributed by atoms with Crippen molar-refractivity contribution in [1.29, 1.82) is 0 Å². The Kier molecular flexibility index (Phi) is 8.04. The van der Waals surface area contributed by atoms with Crippen LogP contribution in [0.2, 0.25) is 0 Å². The lowest BCUT2D eigenvalue weighted by Gasteiger charge is -2.46. The third-order valence-electron chi connectivity index (χ3n) is 4.92. The summed E-state index contributed by atoms with van der Waals surface area (Å²) in [4.78, 5) is 9.00. The fourth-order valence-electron chi connectivity index (χ4n) is 3.90. The van der Waals surface area contributed by atoms with Gasteiger partial charge in [-0.15, -0.1) is 0 Å². The van der Waals surface area contributed by atoms with Crippen LogP contribution in [-0.4, -0.2) is 63.2 Å². The maximum absolute atomic E-state index is 10.6. The van der Waals surface area contributed by atoms with Crippen LogP contribution in [0, 0.1) is 5.92 Å². The molecule has 3 N–H and O–H groups in total. The van der Waals surface area contributed by atoms with Gasteiger partial charge in [0.25, 0.3) is 5.97 Å². The first kappa shape index (κ1) is 23.3. The van der Waals surface area contributed by atoms with Crippen LogP contribution in [0.15, 0.2) is 0 Å². The molecule has 8 unspecified atom stereocenters. The second-order valence-corrected chi connectivity index (χ2v) is 7.80. The first-order chi connectivity index (χ1) is 11.9. The highest BCUT2D eigenvalue weighted by atomic mass is 16.7. The molecule has 3 fully saturated rings. The van der Waals surface area contributed by atoms with Crippen molar-refractivity contribution in [2.45, 2.75) is 110 Å². The van der Waals surface area contributed by atoms with Gasteiger partial charge in [0.15, 0.2) is 6.29 Å². The normalized spacial score (nSPS) is 46.7. The van der Waals surface area contributed by atoms with E-state index in [0.717, 1.165) is 13.3 Å². The fourth-order valence-corrected chi connectivity index (χ4v) is 3.90. The zero-order valence-corrected chi connectivity index (χ0v) is 17.1. The van der Waals surface area contributed by atoms with E-state index >= 15 is 0 Å². The molecule has 0 radical (unpaired) electrons. The Morgan fingerprint density at radius 2 is 1.62 bits per heavy atom. The Hall–Kier alpha value is -0.730. The van der Waals surface area contributed by atoms with Gasteiger partial charge in [-0.25, -0.2) is 0 Å². The molecule has 0 spiro atoms. The van der Waals surface area contributed by atoms with Gasteiger partial charge in [0.1, 0.15) is 6.10 Å². The highest BCUT2D eigenvalue weighted by Gasteiger charge is 2.57. The standard InChI is InChI=1S/C15H26O5.C2H4O2.C2H6/c1-8-6-15(4,17)13(9(2)18-8)20-12-7-14(3,16)10-5-11(10)19-12;1-2(3)4;1-2/h8-13,16-17H,5-7H2,1-4H3;1H3,(H,3,4);1-2H3. The fraction of sp³-hybridized carbons (Fsp3) is 0.947. The number of ether oxygens (including phenoxy) is 3. The van der Waals surface area contributed by atoms with Crippen molar-refractivity contribution in [2.24, 2.45) is 5.92 Å². The van der Waals surface area contributed by atoms with Gasteiger partial charge in [-0.05, 0) is 34.1 Å². The lowest BCUT2D eigenvalue weighted by Crippen LogP contribution is -2.57. The van der Waals surface area contributed by atoms with Crippen LogP contribution in [0.25, 0.3) is 0 Å². The topological polar surface area (TPSA) is 105 Å².